The van der Waals surface area contributed by atoms with Gasteiger partial charge in [-0.05, 0) is 11.6 Å². The number of hydrogen-bond donors (Lipinski definition) is 0. The van der Waals surface area contributed by atoms with Gasteiger partial charge in [-0.15, -0.1) is 0 Å². The molecule has 0 unspecified atom stereocenters. The highest BCUT2D eigenvalue weighted by Gasteiger charge is 2.15. The molecule has 0 atom stereocenters. The highest BCUT2D eigenvalue weighted by molar-refractivity contribution is 6.28. The molecule has 0 aromatic carbocycles. The van der Waals surface area contributed by atoms with Gasteiger partial charge in [-0.25, -0.2) is 4.98 Å². The lowest BCUT2D eigenvalue weighted by Gasteiger charge is -2.26. The maximum absolute atomic E-state index is 7.67. The largest absolute Gasteiger partial charge is 0.479 e. The van der Waals surface area contributed by atoms with E-state index in [2.05, 4.69) is 15.0 Å². The Morgan fingerprint density at radius 1 is 1.40 bits per heavy atom. The number of morpholine rings is 1. The SMILES string of the molecule is [2H]C1([2H])CN(CCn2cnc3nc(Cl)nc(OC)c32)CC([2H])([2H])O1. The van der Waals surface area contributed by atoms with Crippen molar-refractivity contribution in [2.24, 2.45) is 0 Å². The van der Waals surface area contributed by atoms with Crippen LogP contribution in [0.2, 0.25) is 5.28 Å². The maximum Gasteiger partial charge on any atom is 0.244 e. The Morgan fingerprint density at radius 3 is 2.95 bits per heavy atom. The van der Waals surface area contributed by atoms with Crippen LogP contribution in [0, 0.1) is 0 Å². The Labute approximate surface area is 127 Å². The first-order valence-electron chi connectivity index (χ1n) is 8.04. The van der Waals surface area contributed by atoms with Crippen LogP contribution in [-0.4, -0.2) is 64.3 Å². The van der Waals surface area contributed by atoms with Gasteiger partial charge in [-0.1, -0.05) is 0 Å². The predicted octanol–water partition coefficient (Wildman–Crippen LogP) is 0.821. The summed E-state index contributed by atoms with van der Waals surface area (Å²) >= 11 is 5.82. The Hall–Kier alpha value is -1.44. The normalized spacial score (nSPS) is 24.7. The van der Waals surface area contributed by atoms with E-state index in [0.29, 0.717) is 30.1 Å². The molecule has 0 radical (unpaired) electrons. The number of ether oxygens (including phenoxy) is 2. The standard InChI is InChI=1S/C12H16ClN5O2/c1-19-11-9-10(15-12(13)16-11)14-8-18(9)3-2-17-4-6-20-7-5-17/h8H,2-7H2,1H3/i6D2,7D2. The zero-order valence-electron chi connectivity index (χ0n) is 14.8. The fourth-order valence-electron chi connectivity index (χ4n) is 1.99. The van der Waals surface area contributed by atoms with E-state index in [1.807, 2.05) is 0 Å². The Balaban J connectivity index is 1.79. The van der Waals surface area contributed by atoms with Crippen LogP contribution >= 0.6 is 11.6 Å². The molecule has 1 aliphatic heterocycles. The quantitative estimate of drug-likeness (QED) is 0.779. The average Bonchev–Trinajstić information content (AvgIpc) is 2.83. The summed E-state index contributed by atoms with van der Waals surface area (Å²) in [6.07, 6.45) is 1.57. The Bertz CT molecular complexity index is 740. The van der Waals surface area contributed by atoms with E-state index in [0.717, 1.165) is 0 Å². The van der Waals surface area contributed by atoms with Crippen LogP contribution in [0.1, 0.15) is 5.48 Å². The van der Waals surface area contributed by atoms with Gasteiger partial charge in [0.2, 0.25) is 11.2 Å². The molecule has 1 saturated heterocycles. The van der Waals surface area contributed by atoms with Crippen LogP contribution < -0.4 is 4.74 Å². The molecule has 1 aliphatic rings. The summed E-state index contributed by atoms with van der Waals surface area (Å²) in [5.41, 5.74) is 0.987. The van der Waals surface area contributed by atoms with Crippen molar-refractivity contribution in [3.8, 4) is 5.88 Å². The van der Waals surface area contributed by atoms with E-state index in [4.69, 9.17) is 26.6 Å². The predicted molar refractivity (Wildman–Crippen MR) is 74.1 cm³/mol. The van der Waals surface area contributed by atoms with E-state index >= 15 is 0 Å². The highest BCUT2D eigenvalue weighted by Crippen LogP contribution is 2.23. The molecule has 20 heavy (non-hydrogen) atoms. The first kappa shape index (κ1) is 9.49. The summed E-state index contributed by atoms with van der Waals surface area (Å²) in [5, 5.41) is 0.0409. The van der Waals surface area contributed by atoms with Crippen LogP contribution in [0.3, 0.4) is 0 Å². The van der Waals surface area contributed by atoms with Gasteiger partial charge in [-0.2, -0.15) is 9.97 Å². The zero-order chi connectivity index (χ0) is 17.5. The second-order valence-electron chi connectivity index (χ2n) is 4.21. The van der Waals surface area contributed by atoms with Crippen molar-refractivity contribution in [2.75, 3.05) is 39.9 Å². The summed E-state index contributed by atoms with van der Waals surface area (Å²) in [4.78, 5) is 13.9. The topological polar surface area (TPSA) is 65.3 Å². The number of fused-ring (bicyclic) bond motifs is 1. The summed E-state index contributed by atoms with van der Waals surface area (Å²) in [6, 6.07) is 0. The molecule has 0 aliphatic carbocycles. The first-order valence-corrected chi connectivity index (χ1v) is 6.42. The van der Waals surface area contributed by atoms with Gasteiger partial charge in [-0.3, -0.25) is 4.90 Å². The number of rotatable bonds is 4. The van der Waals surface area contributed by atoms with Gasteiger partial charge in [0.25, 0.3) is 0 Å². The number of nitrogens with zero attached hydrogens (tertiary/aromatic N) is 5. The molecular weight excluding hydrogens is 282 g/mol. The second kappa shape index (κ2) is 5.90. The molecule has 0 saturated carbocycles. The van der Waals surface area contributed by atoms with Crippen molar-refractivity contribution in [3.05, 3.63) is 11.6 Å². The van der Waals surface area contributed by atoms with Gasteiger partial charge >= 0.3 is 0 Å². The van der Waals surface area contributed by atoms with Gasteiger partial charge in [0.15, 0.2) is 11.2 Å². The molecular formula is C12H16ClN5O2. The van der Waals surface area contributed by atoms with E-state index in [1.54, 1.807) is 15.8 Å². The van der Waals surface area contributed by atoms with Crippen LogP contribution in [0.5, 0.6) is 5.88 Å². The highest BCUT2D eigenvalue weighted by atomic mass is 35.5. The molecule has 0 spiro atoms. The van der Waals surface area contributed by atoms with Gasteiger partial charge < -0.3 is 14.0 Å². The molecule has 0 bridgehead atoms. The number of hydrogen-bond acceptors (Lipinski definition) is 6. The lowest BCUT2D eigenvalue weighted by atomic mass is 10.4. The Kier molecular flexibility index (Phi) is 2.80. The minimum Gasteiger partial charge on any atom is -0.479 e. The number of halogens is 1. The molecule has 108 valence electrons. The van der Waals surface area contributed by atoms with Crippen molar-refractivity contribution < 1.29 is 15.0 Å². The molecule has 7 nitrogen and oxygen atoms in total. The summed E-state index contributed by atoms with van der Waals surface area (Å²) < 4.78 is 42.5. The third kappa shape index (κ3) is 2.70. The molecule has 0 N–H and O–H groups in total. The first-order chi connectivity index (χ1) is 11.2. The van der Waals surface area contributed by atoms with Crippen molar-refractivity contribution in [1.82, 2.24) is 24.4 Å². The van der Waals surface area contributed by atoms with E-state index in [1.165, 1.54) is 7.11 Å². The number of imidazole rings is 1. The van der Waals surface area contributed by atoms with Crippen LogP contribution in [-0.2, 0) is 11.3 Å². The van der Waals surface area contributed by atoms with Gasteiger partial charge in [0.05, 0.1) is 32.0 Å². The van der Waals surface area contributed by atoms with Crippen LogP contribution in [0.4, 0.5) is 0 Å². The summed E-state index contributed by atoms with van der Waals surface area (Å²) in [6.45, 7) is -3.26. The second-order valence-corrected chi connectivity index (χ2v) is 4.55. The number of aromatic nitrogens is 4. The van der Waals surface area contributed by atoms with Crippen molar-refractivity contribution >= 4 is 22.8 Å². The van der Waals surface area contributed by atoms with Crippen molar-refractivity contribution in [2.45, 2.75) is 6.54 Å². The lowest BCUT2D eigenvalue weighted by molar-refractivity contribution is 0.0365. The fourth-order valence-corrected chi connectivity index (χ4v) is 2.15. The van der Waals surface area contributed by atoms with E-state index in [9.17, 15) is 0 Å². The minimum absolute atomic E-state index is 0.0153. The average molecular weight is 302 g/mol. The zero-order valence-corrected chi connectivity index (χ0v) is 11.6. The maximum atomic E-state index is 7.67. The lowest BCUT2D eigenvalue weighted by Crippen LogP contribution is -2.38. The Morgan fingerprint density at radius 2 is 2.20 bits per heavy atom. The van der Waals surface area contributed by atoms with Crippen LogP contribution in [0.25, 0.3) is 11.2 Å². The third-order valence-electron chi connectivity index (χ3n) is 2.98. The van der Waals surface area contributed by atoms with E-state index < -0.39 is 13.1 Å². The van der Waals surface area contributed by atoms with Crippen molar-refractivity contribution in [1.29, 1.82) is 0 Å². The molecule has 0 amide bonds. The fraction of sp³-hybridized carbons (Fsp3) is 0.583. The molecule has 1 fully saturated rings. The van der Waals surface area contributed by atoms with Crippen molar-refractivity contribution in [3.63, 3.8) is 0 Å². The third-order valence-corrected chi connectivity index (χ3v) is 3.15. The molecule has 3 heterocycles. The number of methoxy groups -OCH3 is 1. The van der Waals surface area contributed by atoms with Gasteiger partial charge in [0, 0.05) is 26.2 Å². The minimum atomic E-state index is -2.03. The molecule has 8 heteroatoms. The smallest absolute Gasteiger partial charge is 0.244 e. The molecule has 2 aromatic heterocycles. The van der Waals surface area contributed by atoms with Crippen LogP contribution in [0.15, 0.2) is 6.33 Å². The summed E-state index contributed by atoms with van der Waals surface area (Å²) in [5.74, 6) is 0.301. The monoisotopic (exact) mass is 301 g/mol. The molecule has 2 aromatic rings. The van der Waals surface area contributed by atoms with E-state index in [-0.39, 0.29) is 18.4 Å². The van der Waals surface area contributed by atoms with Gasteiger partial charge in [0.1, 0.15) is 0 Å². The molecule has 3 rings (SSSR count). The summed E-state index contributed by atoms with van der Waals surface area (Å²) in [7, 11) is 1.47.